The number of nitrogens with zero attached hydrogens (tertiary/aromatic N) is 1. The van der Waals surface area contributed by atoms with Gasteiger partial charge in [0.1, 0.15) is 11.6 Å². The van der Waals surface area contributed by atoms with Crippen molar-refractivity contribution in [3.8, 4) is 5.75 Å². The van der Waals surface area contributed by atoms with E-state index < -0.39 is 0 Å². The van der Waals surface area contributed by atoms with E-state index in [9.17, 15) is 4.39 Å². The molecule has 17 heavy (non-hydrogen) atoms. The van der Waals surface area contributed by atoms with E-state index in [0.717, 1.165) is 17.0 Å². The molecule has 3 nitrogen and oxygen atoms in total. The number of halogens is 1. The maximum absolute atomic E-state index is 12.9. The van der Waals surface area contributed by atoms with Gasteiger partial charge in [-0.05, 0) is 23.8 Å². The van der Waals surface area contributed by atoms with Gasteiger partial charge >= 0.3 is 0 Å². The Morgan fingerprint density at radius 3 is 2.94 bits per heavy atom. The molecule has 0 spiro atoms. The quantitative estimate of drug-likeness (QED) is 0.880. The SMILES string of the molecule is COc1cccc(NCc2cncc(F)c2)c1. The van der Waals surface area contributed by atoms with Crippen molar-refractivity contribution in [3.63, 3.8) is 0 Å². The fraction of sp³-hybridized carbons (Fsp3) is 0.154. The zero-order valence-electron chi connectivity index (χ0n) is 9.48. The van der Waals surface area contributed by atoms with Gasteiger partial charge in [0.2, 0.25) is 0 Å². The lowest BCUT2D eigenvalue weighted by atomic mass is 10.2. The molecule has 1 N–H and O–H groups in total. The van der Waals surface area contributed by atoms with Crippen LogP contribution < -0.4 is 10.1 Å². The van der Waals surface area contributed by atoms with Crippen LogP contribution in [0.3, 0.4) is 0 Å². The summed E-state index contributed by atoms with van der Waals surface area (Å²) in [4.78, 5) is 3.79. The first-order chi connectivity index (χ1) is 8.28. The Morgan fingerprint density at radius 2 is 2.18 bits per heavy atom. The summed E-state index contributed by atoms with van der Waals surface area (Å²) in [5, 5.41) is 3.18. The fourth-order valence-corrected chi connectivity index (χ4v) is 1.49. The normalized spacial score (nSPS) is 10.0. The number of rotatable bonds is 4. The predicted octanol–water partition coefficient (Wildman–Crippen LogP) is 2.84. The van der Waals surface area contributed by atoms with E-state index in [4.69, 9.17) is 4.74 Å². The van der Waals surface area contributed by atoms with Gasteiger partial charge in [0, 0.05) is 24.5 Å². The van der Waals surface area contributed by atoms with Crippen LogP contribution in [0.4, 0.5) is 10.1 Å². The molecule has 88 valence electrons. The van der Waals surface area contributed by atoms with Gasteiger partial charge in [-0.1, -0.05) is 6.07 Å². The third-order valence-corrected chi connectivity index (χ3v) is 2.33. The highest BCUT2D eigenvalue weighted by Crippen LogP contribution is 2.17. The second-order valence-corrected chi connectivity index (χ2v) is 3.60. The molecule has 0 amide bonds. The fourth-order valence-electron chi connectivity index (χ4n) is 1.49. The zero-order chi connectivity index (χ0) is 12.1. The summed E-state index contributed by atoms with van der Waals surface area (Å²) in [7, 11) is 1.62. The van der Waals surface area contributed by atoms with E-state index >= 15 is 0 Å². The minimum Gasteiger partial charge on any atom is -0.497 e. The number of nitrogens with one attached hydrogen (secondary N) is 1. The third-order valence-electron chi connectivity index (χ3n) is 2.33. The summed E-state index contributed by atoms with van der Waals surface area (Å²) in [5.74, 6) is 0.460. The van der Waals surface area contributed by atoms with E-state index in [-0.39, 0.29) is 5.82 Å². The van der Waals surface area contributed by atoms with Gasteiger partial charge in [-0.2, -0.15) is 0 Å². The largest absolute Gasteiger partial charge is 0.497 e. The molecule has 4 heteroatoms. The van der Waals surface area contributed by atoms with Crippen LogP contribution in [-0.2, 0) is 6.54 Å². The Kier molecular flexibility index (Phi) is 3.55. The first kappa shape index (κ1) is 11.4. The number of anilines is 1. The van der Waals surface area contributed by atoms with E-state index in [0.29, 0.717) is 6.54 Å². The van der Waals surface area contributed by atoms with Crippen LogP contribution in [0.15, 0.2) is 42.7 Å². The lowest BCUT2D eigenvalue weighted by Gasteiger charge is -2.07. The van der Waals surface area contributed by atoms with Crippen molar-refractivity contribution < 1.29 is 9.13 Å². The van der Waals surface area contributed by atoms with Crippen LogP contribution >= 0.6 is 0 Å². The minimum atomic E-state index is -0.324. The number of benzene rings is 1. The lowest BCUT2D eigenvalue weighted by Crippen LogP contribution is -2.00. The molecule has 0 bridgehead atoms. The van der Waals surface area contributed by atoms with Gasteiger partial charge in [0.05, 0.1) is 13.3 Å². The summed E-state index contributed by atoms with van der Waals surface area (Å²) in [6.45, 7) is 0.526. The molecule has 2 rings (SSSR count). The van der Waals surface area contributed by atoms with Crippen LogP contribution in [0.1, 0.15) is 5.56 Å². The molecule has 0 aliphatic heterocycles. The third kappa shape index (κ3) is 3.17. The first-order valence-corrected chi connectivity index (χ1v) is 5.25. The summed E-state index contributed by atoms with van der Waals surface area (Å²) >= 11 is 0. The van der Waals surface area contributed by atoms with E-state index in [1.54, 1.807) is 13.3 Å². The second kappa shape index (κ2) is 5.30. The van der Waals surface area contributed by atoms with Crippen LogP contribution in [0, 0.1) is 5.82 Å². The molecule has 0 aliphatic rings. The van der Waals surface area contributed by atoms with E-state index in [2.05, 4.69) is 10.3 Å². The minimum absolute atomic E-state index is 0.324. The Morgan fingerprint density at radius 1 is 1.29 bits per heavy atom. The first-order valence-electron chi connectivity index (χ1n) is 5.25. The van der Waals surface area contributed by atoms with Crippen molar-refractivity contribution in [3.05, 3.63) is 54.1 Å². The number of ether oxygens (including phenoxy) is 1. The number of hydrogen-bond donors (Lipinski definition) is 1. The Hall–Kier alpha value is -2.10. The molecule has 1 aromatic heterocycles. The van der Waals surface area contributed by atoms with Crippen LogP contribution in [0.5, 0.6) is 5.75 Å². The Labute approximate surface area is 99.3 Å². The molecule has 0 saturated heterocycles. The van der Waals surface area contributed by atoms with Crippen LogP contribution in [-0.4, -0.2) is 12.1 Å². The second-order valence-electron chi connectivity index (χ2n) is 3.60. The van der Waals surface area contributed by atoms with Gasteiger partial charge in [-0.15, -0.1) is 0 Å². The number of hydrogen-bond acceptors (Lipinski definition) is 3. The predicted molar refractivity (Wildman–Crippen MR) is 64.5 cm³/mol. The van der Waals surface area contributed by atoms with E-state index in [1.807, 2.05) is 24.3 Å². The molecule has 0 aliphatic carbocycles. The van der Waals surface area contributed by atoms with Gasteiger partial charge in [-0.3, -0.25) is 4.98 Å². The standard InChI is InChI=1S/C13H13FN2O/c1-17-13-4-2-3-12(6-13)16-8-10-5-11(14)9-15-7-10/h2-7,9,16H,8H2,1H3. The molecule has 0 saturated carbocycles. The average molecular weight is 232 g/mol. The van der Waals surface area contributed by atoms with Crippen LogP contribution in [0.25, 0.3) is 0 Å². The lowest BCUT2D eigenvalue weighted by molar-refractivity contribution is 0.415. The molecule has 1 aromatic carbocycles. The number of aromatic nitrogens is 1. The molecular formula is C13H13FN2O. The summed E-state index contributed by atoms with van der Waals surface area (Å²) < 4.78 is 18.0. The van der Waals surface area contributed by atoms with Crippen molar-refractivity contribution in [2.24, 2.45) is 0 Å². The highest BCUT2D eigenvalue weighted by atomic mass is 19.1. The summed E-state index contributed by atoms with van der Waals surface area (Å²) in [6.07, 6.45) is 2.82. The molecule has 1 heterocycles. The average Bonchev–Trinajstić information content (AvgIpc) is 2.37. The van der Waals surface area contributed by atoms with Gasteiger partial charge in [-0.25, -0.2) is 4.39 Å². The summed E-state index contributed by atoms with van der Waals surface area (Å²) in [6, 6.07) is 9.03. The highest BCUT2D eigenvalue weighted by Gasteiger charge is 1.98. The van der Waals surface area contributed by atoms with Gasteiger partial charge in [0.25, 0.3) is 0 Å². The Balaban J connectivity index is 2.02. The maximum atomic E-state index is 12.9. The smallest absolute Gasteiger partial charge is 0.141 e. The number of methoxy groups -OCH3 is 1. The van der Waals surface area contributed by atoms with Crippen LogP contribution in [0.2, 0.25) is 0 Å². The van der Waals surface area contributed by atoms with Gasteiger partial charge < -0.3 is 10.1 Å². The summed E-state index contributed by atoms with van der Waals surface area (Å²) in [5.41, 5.74) is 1.72. The molecule has 2 aromatic rings. The monoisotopic (exact) mass is 232 g/mol. The van der Waals surface area contributed by atoms with Crippen molar-refractivity contribution in [1.82, 2.24) is 4.98 Å². The van der Waals surface area contributed by atoms with E-state index in [1.165, 1.54) is 12.3 Å². The molecular weight excluding hydrogens is 219 g/mol. The maximum Gasteiger partial charge on any atom is 0.141 e. The molecule has 0 radical (unpaired) electrons. The topological polar surface area (TPSA) is 34.1 Å². The molecule has 0 atom stereocenters. The zero-order valence-corrected chi connectivity index (χ0v) is 9.48. The highest BCUT2D eigenvalue weighted by molar-refractivity contribution is 5.48. The Bertz CT molecular complexity index is 502. The molecule has 0 unspecified atom stereocenters. The van der Waals surface area contributed by atoms with Gasteiger partial charge in [0.15, 0.2) is 0 Å². The van der Waals surface area contributed by atoms with Crippen molar-refractivity contribution in [2.45, 2.75) is 6.54 Å². The van der Waals surface area contributed by atoms with Crippen molar-refractivity contribution in [1.29, 1.82) is 0 Å². The van der Waals surface area contributed by atoms with Crippen molar-refractivity contribution in [2.75, 3.05) is 12.4 Å². The van der Waals surface area contributed by atoms with Crippen molar-refractivity contribution >= 4 is 5.69 Å². The number of pyridine rings is 1. The molecule has 0 fully saturated rings.